The van der Waals surface area contributed by atoms with Crippen molar-refractivity contribution in [3.8, 4) is 0 Å². The number of hydrogen-bond acceptors (Lipinski definition) is 2. The van der Waals surface area contributed by atoms with Gasteiger partial charge in [-0.05, 0) is 24.3 Å². The Labute approximate surface area is 99.7 Å². The van der Waals surface area contributed by atoms with Crippen LogP contribution in [-0.4, -0.2) is 9.97 Å². The molecule has 0 saturated carbocycles. The third-order valence-electron chi connectivity index (χ3n) is 1.06. The third kappa shape index (κ3) is 11.3. The molecule has 2 radical (unpaired) electrons. The predicted molar refractivity (Wildman–Crippen MR) is 54.7 cm³/mol. The van der Waals surface area contributed by atoms with E-state index in [0.29, 0.717) is 0 Å². The molecule has 0 atom stereocenters. The minimum absolute atomic E-state index is 0. The second-order valence-electron chi connectivity index (χ2n) is 1.91. The van der Waals surface area contributed by atoms with Crippen molar-refractivity contribution in [3.63, 3.8) is 0 Å². The van der Waals surface area contributed by atoms with E-state index in [4.69, 9.17) is 4.55 Å². The first-order valence-corrected chi connectivity index (χ1v) is 3.97. The molecule has 0 saturated heterocycles. The van der Waals surface area contributed by atoms with Crippen molar-refractivity contribution >= 4 is 12.9 Å². The second-order valence-corrected chi connectivity index (χ2v) is 1.91. The van der Waals surface area contributed by atoms with E-state index in [1.54, 1.807) is 12.4 Å². The standard InChI is InChI=1S/C5H5N.C4H5N.Cu.HOS/c1-2-4-6-5-3-1;1-2-4-5-3-1;;1-2/h1-5H;1-5H;;2H. The zero-order valence-corrected chi connectivity index (χ0v) is 9.14. The van der Waals surface area contributed by atoms with Gasteiger partial charge < -0.3 is 4.98 Å². The number of rotatable bonds is 0. The maximum atomic E-state index is 7.94. The minimum Gasteiger partial charge on any atom is -0.368 e. The summed E-state index contributed by atoms with van der Waals surface area (Å²) in [6.45, 7) is 0. The van der Waals surface area contributed by atoms with Crippen LogP contribution in [0.5, 0.6) is 0 Å². The summed E-state index contributed by atoms with van der Waals surface area (Å²) < 4.78 is 7.94. The Morgan fingerprint density at radius 3 is 1.50 bits per heavy atom. The second kappa shape index (κ2) is 14.8. The molecule has 3 nitrogen and oxygen atoms in total. The summed E-state index contributed by atoms with van der Waals surface area (Å²) in [6.07, 6.45) is 7.25. The molecule has 2 rings (SSSR count). The Balaban J connectivity index is 0. The molecule has 0 fully saturated rings. The zero-order valence-electron chi connectivity index (χ0n) is 7.30. The molecule has 0 aliphatic heterocycles. The number of nitrogens with zero attached hydrogens (tertiary/aromatic N) is 1. The van der Waals surface area contributed by atoms with E-state index >= 15 is 0 Å². The summed E-state index contributed by atoms with van der Waals surface area (Å²) in [4.78, 5) is 6.65. The fourth-order valence-electron chi connectivity index (χ4n) is 0.590. The quantitative estimate of drug-likeness (QED) is 0.425. The van der Waals surface area contributed by atoms with Crippen LogP contribution < -0.4 is 0 Å². The van der Waals surface area contributed by atoms with Crippen molar-refractivity contribution in [3.05, 3.63) is 55.1 Å². The van der Waals surface area contributed by atoms with Crippen molar-refractivity contribution in [2.45, 2.75) is 0 Å². The molecule has 1 N–H and O–H groups in total. The average Bonchev–Trinajstić information content (AvgIpc) is 2.82. The topological polar surface area (TPSA) is 48.6 Å². The minimum atomic E-state index is 0. The summed E-state index contributed by atoms with van der Waals surface area (Å²) in [5.41, 5.74) is 0. The van der Waals surface area contributed by atoms with E-state index in [2.05, 4.69) is 22.9 Å². The number of aromatic nitrogens is 2. The number of hydrogen-bond donors (Lipinski definition) is 2. The van der Waals surface area contributed by atoms with Crippen LogP contribution in [-0.2, 0) is 21.6 Å². The van der Waals surface area contributed by atoms with Gasteiger partial charge in [-0.3, -0.25) is 4.98 Å². The van der Waals surface area contributed by atoms with E-state index in [9.17, 15) is 0 Å². The average molecular weight is 259 g/mol. The molecule has 0 aliphatic rings. The van der Waals surface area contributed by atoms with Crippen LogP contribution in [0.3, 0.4) is 0 Å². The van der Waals surface area contributed by atoms with Crippen molar-refractivity contribution in [1.29, 1.82) is 0 Å². The number of aromatic amines is 1. The largest absolute Gasteiger partial charge is 0.368 e. The molecule has 5 heteroatoms. The van der Waals surface area contributed by atoms with Crippen molar-refractivity contribution in [2.24, 2.45) is 0 Å². The van der Waals surface area contributed by atoms with Gasteiger partial charge in [0.2, 0.25) is 0 Å². The van der Waals surface area contributed by atoms with E-state index in [1.807, 2.05) is 42.7 Å². The van der Waals surface area contributed by atoms with E-state index in [0.717, 1.165) is 0 Å². The van der Waals surface area contributed by atoms with E-state index in [-0.39, 0.29) is 17.1 Å². The Kier molecular flexibility index (Phi) is 16.6. The third-order valence-corrected chi connectivity index (χ3v) is 1.06. The van der Waals surface area contributed by atoms with Gasteiger partial charge in [0.05, 0.1) is 0 Å². The van der Waals surface area contributed by atoms with Gasteiger partial charge in [-0.15, -0.1) is 0 Å². The van der Waals surface area contributed by atoms with Crippen LogP contribution in [0.4, 0.5) is 0 Å². The summed E-state index contributed by atoms with van der Waals surface area (Å²) in [5.74, 6) is 0. The molecule has 0 spiro atoms. The SMILES string of the molecule is [Cu].[O]S.c1cc[nH]c1.c1ccncc1. The van der Waals surface area contributed by atoms with Gasteiger partial charge in [-0.1, -0.05) is 6.07 Å². The predicted octanol–water partition coefficient (Wildman–Crippen LogP) is 2.36. The molecule has 2 heterocycles. The molecule has 2 aromatic rings. The van der Waals surface area contributed by atoms with Crippen LogP contribution in [0, 0.1) is 0 Å². The van der Waals surface area contributed by atoms with Gasteiger partial charge in [-0.2, -0.15) is 4.55 Å². The molecule has 0 bridgehead atoms. The van der Waals surface area contributed by atoms with Gasteiger partial charge in [-0.25, -0.2) is 0 Å². The monoisotopic (exact) mass is 258 g/mol. The normalized spacial score (nSPS) is 6.71. The molecule has 80 valence electrons. The number of nitrogens with one attached hydrogen (secondary N) is 1. The first-order valence-electron chi connectivity index (χ1n) is 3.61. The summed E-state index contributed by atoms with van der Waals surface area (Å²) in [6, 6.07) is 9.60. The maximum Gasteiger partial charge on any atom is 0.0267 e. The molecule has 0 amide bonds. The van der Waals surface area contributed by atoms with Crippen LogP contribution >= 0.6 is 12.9 Å². The van der Waals surface area contributed by atoms with Gasteiger partial charge in [0.25, 0.3) is 0 Å². The number of pyridine rings is 1. The van der Waals surface area contributed by atoms with Crippen LogP contribution in [0.25, 0.3) is 0 Å². The van der Waals surface area contributed by atoms with Crippen LogP contribution in [0.2, 0.25) is 0 Å². The Morgan fingerprint density at radius 2 is 1.36 bits per heavy atom. The Hall–Kier alpha value is -0.741. The first-order chi connectivity index (χ1) is 6.50. The molecule has 0 aromatic carbocycles. The number of H-pyrrole nitrogens is 1. The summed E-state index contributed by atoms with van der Waals surface area (Å²) in [7, 11) is 0. The van der Waals surface area contributed by atoms with Crippen LogP contribution in [0.1, 0.15) is 0 Å². The van der Waals surface area contributed by atoms with Gasteiger partial charge in [0.1, 0.15) is 0 Å². The first kappa shape index (κ1) is 15.7. The summed E-state index contributed by atoms with van der Waals surface area (Å²) in [5, 5.41) is 0. The van der Waals surface area contributed by atoms with E-state index < -0.39 is 0 Å². The molecular weight excluding hydrogens is 248 g/mol. The fourth-order valence-corrected chi connectivity index (χ4v) is 0.590. The number of thiol groups is 1. The molecule has 2 aromatic heterocycles. The van der Waals surface area contributed by atoms with Gasteiger partial charge in [0, 0.05) is 54.8 Å². The maximum absolute atomic E-state index is 7.94. The molecule has 0 unspecified atom stereocenters. The van der Waals surface area contributed by atoms with Crippen molar-refractivity contribution in [2.75, 3.05) is 0 Å². The van der Waals surface area contributed by atoms with Crippen molar-refractivity contribution in [1.82, 2.24) is 9.97 Å². The molecule has 14 heavy (non-hydrogen) atoms. The van der Waals surface area contributed by atoms with Gasteiger partial charge >= 0.3 is 0 Å². The molecular formula is C9H11CuN2OS. The Morgan fingerprint density at radius 1 is 0.857 bits per heavy atom. The van der Waals surface area contributed by atoms with E-state index in [1.165, 1.54) is 0 Å². The molecule has 0 aliphatic carbocycles. The fraction of sp³-hybridized carbons (Fsp3) is 0. The smallest absolute Gasteiger partial charge is 0.0267 e. The van der Waals surface area contributed by atoms with Gasteiger partial charge in [0.15, 0.2) is 0 Å². The van der Waals surface area contributed by atoms with Crippen molar-refractivity contribution < 1.29 is 21.6 Å². The summed E-state index contributed by atoms with van der Waals surface area (Å²) >= 11 is 2.28. The zero-order chi connectivity index (χ0) is 9.78. The Bertz CT molecular complexity index is 209. The van der Waals surface area contributed by atoms with Crippen LogP contribution in [0.15, 0.2) is 55.1 Å².